The van der Waals surface area contributed by atoms with Crippen molar-refractivity contribution in [1.82, 2.24) is 0 Å². The first-order valence-corrected chi connectivity index (χ1v) is 19.6. The quantitative estimate of drug-likeness (QED) is 0.0310. The summed E-state index contributed by atoms with van der Waals surface area (Å²) in [4.78, 5) is 24.8. The van der Waals surface area contributed by atoms with E-state index in [0.717, 1.165) is 49.8 Å². The number of hydrogen-bond donors (Lipinski definition) is 0. The van der Waals surface area contributed by atoms with Crippen molar-refractivity contribution in [3.05, 3.63) is 89.5 Å². The van der Waals surface area contributed by atoms with E-state index in [1.54, 1.807) is 24.3 Å². The molecule has 366 valence electrons. The number of rotatable bonds is 23. The number of unbranched alkanes of at least 4 members (excludes halogenated alkanes) is 6. The van der Waals surface area contributed by atoms with Gasteiger partial charge in [0.25, 0.3) is 0 Å². The van der Waals surface area contributed by atoms with Crippen molar-refractivity contribution < 1.29 is 103 Å². The fourth-order valence-electron chi connectivity index (χ4n) is 5.47. The van der Waals surface area contributed by atoms with E-state index >= 15 is 0 Å². The first-order valence-electron chi connectivity index (χ1n) is 19.6. The van der Waals surface area contributed by atoms with E-state index in [0.29, 0.717) is 17.7 Å². The molecule has 0 aliphatic heterocycles. The molecule has 3 rings (SSSR count). The van der Waals surface area contributed by atoms with Crippen LogP contribution in [-0.4, -0.2) is 78.9 Å². The van der Waals surface area contributed by atoms with Crippen LogP contribution in [0, 0.1) is 11.8 Å². The molecule has 66 heavy (non-hydrogen) atoms. The van der Waals surface area contributed by atoms with E-state index < -0.39 is 78.7 Å². The van der Waals surface area contributed by atoms with Gasteiger partial charge in [0.15, 0.2) is 6.10 Å². The van der Waals surface area contributed by atoms with E-state index in [4.69, 9.17) is 14.2 Å². The predicted molar refractivity (Wildman–Crippen MR) is 200 cm³/mol. The molecule has 0 aliphatic rings. The zero-order chi connectivity index (χ0) is 50.0. The van der Waals surface area contributed by atoms with Crippen LogP contribution >= 0.6 is 0 Å². The minimum Gasteiger partial charge on any atom is -0.494 e. The number of hydrogen-bond acceptors (Lipinski definition) is 6. The Hall–Kier alpha value is -5.43. The van der Waals surface area contributed by atoms with Gasteiger partial charge in [-0.1, -0.05) is 57.3 Å². The van der Waals surface area contributed by atoms with E-state index in [1.165, 1.54) is 44.2 Å². The SMILES string of the molecule is CCCCCCCCCOc1ccc(C#Cc2ccc(C(=O)Oc3ccc(O[C@@H](C)C(=O)OCCC(F)(F)C(F)(F)C(F)(F)C(F)(F)C(F)(F)C(F)(F)C(F)(F)C(F)(F)F)cc3)cc2)cc1. The minimum atomic E-state index is -8.75. The lowest BCUT2D eigenvalue weighted by Gasteiger charge is -2.42. The highest BCUT2D eigenvalue weighted by Crippen LogP contribution is 2.64. The fraction of sp³-hybridized carbons (Fsp3) is 0.488. The average molecular weight is 975 g/mol. The largest absolute Gasteiger partial charge is 0.494 e. The lowest BCUT2D eigenvalue weighted by atomic mass is 9.88. The first kappa shape index (κ1) is 54.9. The second kappa shape index (κ2) is 21.5. The van der Waals surface area contributed by atoms with Gasteiger partial charge in [-0.05, 0) is 86.1 Å². The third kappa shape index (κ3) is 12.3. The maximum atomic E-state index is 14.2. The van der Waals surface area contributed by atoms with Gasteiger partial charge in [0.2, 0.25) is 0 Å². The lowest BCUT2D eigenvalue weighted by molar-refractivity contribution is -0.461. The molecule has 0 radical (unpaired) electrons. The Morgan fingerprint density at radius 2 is 0.939 bits per heavy atom. The molecule has 0 saturated heterocycles. The van der Waals surface area contributed by atoms with Gasteiger partial charge in [-0.25, -0.2) is 9.59 Å². The van der Waals surface area contributed by atoms with Gasteiger partial charge < -0.3 is 18.9 Å². The van der Waals surface area contributed by atoms with Gasteiger partial charge in [0, 0.05) is 11.1 Å². The molecule has 1 atom stereocenters. The molecule has 0 spiro atoms. The highest BCUT2D eigenvalue weighted by molar-refractivity contribution is 5.91. The van der Waals surface area contributed by atoms with Crippen LogP contribution in [0.3, 0.4) is 0 Å². The molecule has 3 aromatic carbocycles. The number of carbonyl (C=O) groups is 2. The number of esters is 2. The van der Waals surface area contributed by atoms with Crippen LogP contribution in [0.15, 0.2) is 72.8 Å². The molecule has 0 saturated carbocycles. The van der Waals surface area contributed by atoms with Crippen LogP contribution in [0.2, 0.25) is 0 Å². The Balaban J connectivity index is 1.51. The Kier molecular flexibility index (Phi) is 17.9. The summed E-state index contributed by atoms with van der Waals surface area (Å²) in [5.74, 6) is -53.6. The monoisotopic (exact) mass is 974 g/mol. The van der Waals surface area contributed by atoms with Crippen molar-refractivity contribution in [2.24, 2.45) is 0 Å². The number of halogens is 17. The smallest absolute Gasteiger partial charge is 0.460 e. The first-order chi connectivity index (χ1) is 30.4. The zero-order valence-electron chi connectivity index (χ0n) is 34.5. The molecule has 0 amide bonds. The van der Waals surface area contributed by atoms with Crippen molar-refractivity contribution in [1.29, 1.82) is 0 Å². The lowest BCUT2D eigenvalue weighted by Crippen LogP contribution is -2.74. The maximum Gasteiger partial charge on any atom is 0.460 e. The predicted octanol–water partition coefficient (Wildman–Crippen LogP) is 13.1. The average Bonchev–Trinajstić information content (AvgIpc) is 3.24. The highest BCUT2D eigenvalue weighted by atomic mass is 19.4. The van der Waals surface area contributed by atoms with Crippen LogP contribution < -0.4 is 14.2 Å². The normalized spacial score (nSPS) is 13.6. The summed E-state index contributed by atoms with van der Waals surface area (Å²) in [6.45, 7) is 1.50. The van der Waals surface area contributed by atoms with Crippen LogP contribution in [0.5, 0.6) is 17.2 Å². The van der Waals surface area contributed by atoms with Crippen molar-refractivity contribution in [3.8, 4) is 29.1 Å². The van der Waals surface area contributed by atoms with Crippen LogP contribution in [0.1, 0.15) is 86.7 Å². The van der Waals surface area contributed by atoms with Gasteiger partial charge in [-0.15, -0.1) is 0 Å². The molecule has 6 nitrogen and oxygen atoms in total. The van der Waals surface area contributed by atoms with Crippen molar-refractivity contribution in [2.75, 3.05) is 13.2 Å². The molecular weight excluding hydrogens is 935 g/mol. The third-order valence-electron chi connectivity index (χ3n) is 9.47. The highest BCUT2D eigenvalue weighted by Gasteiger charge is 2.95. The van der Waals surface area contributed by atoms with Crippen molar-refractivity contribution in [3.63, 3.8) is 0 Å². The fourth-order valence-corrected chi connectivity index (χ4v) is 5.47. The molecular formula is C43H39F17O6. The molecule has 0 aliphatic carbocycles. The van der Waals surface area contributed by atoms with Crippen LogP contribution in [0.4, 0.5) is 74.6 Å². The van der Waals surface area contributed by atoms with Crippen molar-refractivity contribution in [2.45, 2.75) is 119 Å². The summed E-state index contributed by atoms with van der Waals surface area (Å²) in [6.07, 6.45) is -4.51. The Morgan fingerprint density at radius 3 is 1.44 bits per heavy atom. The maximum absolute atomic E-state index is 14.2. The van der Waals surface area contributed by atoms with Gasteiger partial charge in [-0.2, -0.15) is 74.6 Å². The standard InChI is InChI=1S/C43H39F17O6/c1-3-4-5-6-7-8-9-25-63-31-18-14-29(15-19-31)11-10-28-12-16-30(17-13-28)35(62)66-33-22-20-32(21-23-33)65-27(2)34(61)64-26-24-36(44,45)37(46,47)38(48,49)39(50,51)40(52,53)41(54,55)42(56,57)43(58,59)60/h12-23,27H,3-9,24-26H2,1-2H3/t27-/m0/s1. The molecule has 0 bridgehead atoms. The number of ether oxygens (including phenoxy) is 4. The Bertz CT molecular complexity index is 2110. The number of benzene rings is 3. The number of carbonyl (C=O) groups excluding carboxylic acids is 2. The number of alkyl halides is 17. The van der Waals surface area contributed by atoms with E-state index in [9.17, 15) is 84.2 Å². The molecule has 23 heteroatoms. The van der Waals surface area contributed by atoms with Gasteiger partial charge in [-0.3, -0.25) is 0 Å². The van der Waals surface area contributed by atoms with Gasteiger partial charge >= 0.3 is 59.6 Å². The summed E-state index contributed by atoms with van der Waals surface area (Å²) in [5.41, 5.74) is 1.38. The van der Waals surface area contributed by atoms with E-state index in [2.05, 4.69) is 23.5 Å². The Morgan fingerprint density at radius 1 is 0.515 bits per heavy atom. The summed E-state index contributed by atoms with van der Waals surface area (Å²) >= 11 is 0. The molecule has 0 unspecified atom stereocenters. The van der Waals surface area contributed by atoms with Crippen molar-refractivity contribution >= 4 is 11.9 Å². The van der Waals surface area contributed by atoms with Gasteiger partial charge in [0.1, 0.15) is 17.2 Å². The summed E-state index contributed by atoms with van der Waals surface area (Å²) in [7, 11) is 0. The second-order valence-electron chi connectivity index (χ2n) is 14.5. The molecule has 0 aromatic heterocycles. The zero-order valence-corrected chi connectivity index (χ0v) is 34.5. The molecule has 0 N–H and O–H groups in total. The van der Waals surface area contributed by atoms with Crippen LogP contribution in [0.25, 0.3) is 0 Å². The topological polar surface area (TPSA) is 71.1 Å². The molecule has 0 heterocycles. The summed E-state index contributed by atoms with van der Waals surface area (Å²) < 4.78 is 249. The van der Waals surface area contributed by atoms with Crippen LogP contribution in [-0.2, 0) is 9.53 Å². The molecule has 0 fully saturated rings. The molecule has 3 aromatic rings. The van der Waals surface area contributed by atoms with Gasteiger partial charge in [0.05, 0.1) is 25.2 Å². The Labute approximate surface area is 365 Å². The summed E-state index contributed by atoms with van der Waals surface area (Å²) in [6, 6.07) is 17.7. The third-order valence-corrected chi connectivity index (χ3v) is 9.47. The minimum absolute atomic E-state index is 0.0811. The second-order valence-corrected chi connectivity index (χ2v) is 14.5. The van der Waals surface area contributed by atoms with E-state index in [-0.39, 0.29) is 17.1 Å². The van der Waals surface area contributed by atoms with E-state index in [1.807, 2.05) is 12.1 Å². The summed E-state index contributed by atoms with van der Waals surface area (Å²) in [5, 5.41) is 0.